The lowest BCUT2D eigenvalue weighted by molar-refractivity contribution is -0.144. The van der Waals surface area contributed by atoms with Crippen molar-refractivity contribution in [3.63, 3.8) is 0 Å². The number of nitrogens with zero attached hydrogens (tertiary/aromatic N) is 1. The van der Waals surface area contributed by atoms with E-state index < -0.39 is 60.1 Å². The van der Waals surface area contributed by atoms with Gasteiger partial charge in [0.25, 0.3) is 0 Å². The normalized spacial score (nSPS) is 13.7. The summed E-state index contributed by atoms with van der Waals surface area (Å²) in [5.74, 6) is -5.14. The Hall–Kier alpha value is -3.48. The Bertz CT molecular complexity index is 780. The quantitative estimate of drug-likeness (QED) is 0.180. The van der Waals surface area contributed by atoms with Crippen molar-refractivity contribution in [2.24, 2.45) is 11.7 Å². The van der Waals surface area contributed by atoms with Gasteiger partial charge in [0, 0.05) is 24.7 Å². The lowest BCUT2D eigenvalue weighted by Gasteiger charge is -2.25. The lowest BCUT2D eigenvalue weighted by atomic mass is 10.0. The standard InChI is InChI=1S/C18H28N6O7/c1-9(2)15(18(30)31)24-16(28)11(3-4-14(26)27)23-17(29)12(22-13(25)6-19)5-10-7-20-8-21-10/h7-9,11-12,15H,3-6,19H2,1-2H3,(H,20,21)(H,22,25)(H,23,29)(H,24,28)(H,26,27)(H,30,31). The summed E-state index contributed by atoms with van der Waals surface area (Å²) in [6.07, 6.45) is 2.12. The highest BCUT2D eigenvalue weighted by Crippen LogP contribution is 2.06. The predicted octanol–water partition coefficient (Wildman–Crippen LogP) is -2.03. The van der Waals surface area contributed by atoms with Crippen LogP contribution in [0.1, 0.15) is 32.4 Å². The van der Waals surface area contributed by atoms with E-state index in [1.165, 1.54) is 12.5 Å². The third-order valence-electron chi connectivity index (χ3n) is 4.33. The number of hydrogen-bond donors (Lipinski definition) is 7. The molecule has 3 unspecified atom stereocenters. The second kappa shape index (κ2) is 12.3. The number of H-pyrrole nitrogens is 1. The highest BCUT2D eigenvalue weighted by Gasteiger charge is 2.31. The van der Waals surface area contributed by atoms with Crippen molar-refractivity contribution >= 4 is 29.7 Å². The van der Waals surface area contributed by atoms with Gasteiger partial charge in [0.05, 0.1) is 12.9 Å². The van der Waals surface area contributed by atoms with Gasteiger partial charge in [-0.1, -0.05) is 13.8 Å². The van der Waals surface area contributed by atoms with Crippen LogP contribution < -0.4 is 21.7 Å². The largest absolute Gasteiger partial charge is 0.481 e. The summed E-state index contributed by atoms with van der Waals surface area (Å²) in [4.78, 5) is 66.1. The molecule has 13 heteroatoms. The molecule has 8 N–H and O–H groups in total. The van der Waals surface area contributed by atoms with E-state index >= 15 is 0 Å². The average Bonchev–Trinajstić information content (AvgIpc) is 3.20. The summed E-state index contributed by atoms with van der Waals surface area (Å²) in [6, 6.07) is -3.69. The number of rotatable bonds is 13. The smallest absolute Gasteiger partial charge is 0.326 e. The predicted molar refractivity (Wildman–Crippen MR) is 106 cm³/mol. The van der Waals surface area contributed by atoms with Crippen LogP contribution in [0.3, 0.4) is 0 Å². The molecule has 1 heterocycles. The van der Waals surface area contributed by atoms with Gasteiger partial charge in [0.2, 0.25) is 17.7 Å². The number of aromatic nitrogens is 2. The van der Waals surface area contributed by atoms with Gasteiger partial charge in [-0.05, 0) is 12.3 Å². The number of carbonyl (C=O) groups excluding carboxylic acids is 3. The molecule has 0 saturated carbocycles. The van der Waals surface area contributed by atoms with E-state index in [9.17, 15) is 29.1 Å². The summed E-state index contributed by atoms with van der Waals surface area (Å²) in [5, 5.41) is 25.4. The van der Waals surface area contributed by atoms with Gasteiger partial charge in [0.15, 0.2) is 0 Å². The minimum Gasteiger partial charge on any atom is -0.481 e. The molecule has 0 bridgehead atoms. The number of nitrogens with two attached hydrogens (primary N) is 1. The van der Waals surface area contributed by atoms with Gasteiger partial charge in [-0.2, -0.15) is 0 Å². The number of aromatic amines is 1. The molecule has 0 spiro atoms. The Morgan fingerprint density at radius 1 is 1.06 bits per heavy atom. The molecule has 0 aliphatic rings. The molecule has 1 aromatic rings. The molecule has 0 aliphatic heterocycles. The maximum Gasteiger partial charge on any atom is 0.326 e. The highest BCUT2D eigenvalue weighted by molar-refractivity contribution is 5.94. The van der Waals surface area contributed by atoms with Crippen LogP contribution in [0.2, 0.25) is 0 Å². The molecule has 3 amide bonds. The van der Waals surface area contributed by atoms with E-state index in [0.29, 0.717) is 5.69 Å². The van der Waals surface area contributed by atoms with Crippen molar-refractivity contribution < 1.29 is 34.2 Å². The van der Waals surface area contributed by atoms with Crippen molar-refractivity contribution in [2.45, 2.75) is 51.2 Å². The highest BCUT2D eigenvalue weighted by atomic mass is 16.4. The molecular formula is C18H28N6O7. The Kier molecular flexibility index (Phi) is 10.1. The average molecular weight is 440 g/mol. The van der Waals surface area contributed by atoms with Crippen molar-refractivity contribution in [1.82, 2.24) is 25.9 Å². The van der Waals surface area contributed by atoms with E-state index in [0.717, 1.165) is 0 Å². The first-order chi connectivity index (χ1) is 14.5. The minimum absolute atomic E-state index is 0.00852. The first kappa shape index (κ1) is 25.6. The van der Waals surface area contributed by atoms with Crippen molar-refractivity contribution in [2.75, 3.05) is 6.54 Å². The van der Waals surface area contributed by atoms with E-state index in [2.05, 4.69) is 25.9 Å². The van der Waals surface area contributed by atoms with Crippen LogP contribution in [0, 0.1) is 5.92 Å². The minimum atomic E-state index is -1.33. The van der Waals surface area contributed by atoms with Gasteiger partial charge in [-0.15, -0.1) is 0 Å². The van der Waals surface area contributed by atoms with E-state index in [-0.39, 0.29) is 19.4 Å². The van der Waals surface area contributed by atoms with Crippen LogP contribution in [-0.2, 0) is 30.4 Å². The zero-order valence-electron chi connectivity index (χ0n) is 17.3. The van der Waals surface area contributed by atoms with E-state index in [1.54, 1.807) is 13.8 Å². The van der Waals surface area contributed by atoms with Crippen LogP contribution in [-0.4, -0.2) is 74.5 Å². The van der Waals surface area contributed by atoms with Crippen molar-refractivity contribution in [3.05, 3.63) is 18.2 Å². The number of hydrogen-bond acceptors (Lipinski definition) is 7. The van der Waals surface area contributed by atoms with Gasteiger partial charge < -0.3 is 36.9 Å². The molecule has 13 nitrogen and oxygen atoms in total. The third-order valence-corrected chi connectivity index (χ3v) is 4.33. The number of carboxylic acid groups (broad SMARTS) is 2. The molecular weight excluding hydrogens is 412 g/mol. The molecule has 0 saturated heterocycles. The fourth-order valence-electron chi connectivity index (χ4n) is 2.66. The van der Waals surface area contributed by atoms with Crippen LogP contribution >= 0.6 is 0 Å². The van der Waals surface area contributed by atoms with Crippen LogP contribution in [0.15, 0.2) is 12.5 Å². The SMILES string of the molecule is CC(C)C(NC(=O)C(CCC(=O)O)NC(=O)C(Cc1cnc[nH]1)NC(=O)CN)C(=O)O. The zero-order valence-corrected chi connectivity index (χ0v) is 17.3. The first-order valence-corrected chi connectivity index (χ1v) is 9.57. The fraction of sp³-hybridized carbons (Fsp3) is 0.556. The second-order valence-corrected chi connectivity index (χ2v) is 7.17. The monoisotopic (exact) mass is 440 g/mol. The maximum atomic E-state index is 12.8. The van der Waals surface area contributed by atoms with Crippen molar-refractivity contribution in [1.29, 1.82) is 0 Å². The summed E-state index contributed by atoms with van der Waals surface area (Å²) < 4.78 is 0. The lowest BCUT2D eigenvalue weighted by Crippen LogP contribution is -2.57. The molecule has 0 aromatic carbocycles. The Morgan fingerprint density at radius 3 is 2.19 bits per heavy atom. The zero-order chi connectivity index (χ0) is 23.6. The van der Waals surface area contributed by atoms with Crippen LogP contribution in [0.4, 0.5) is 0 Å². The summed E-state index contributed by atoms with van der Waals surface area (Å²) in [5.41, 5.74) is 5.81. The van der Waals surface area contributed by atoms with Crippen LogP contribution in [0.25, 0.3) is 0 Å². The number of amides is 3. The number of nitrogens with one attached hydrogen (secondary N) is 4. The van der Waals surface area contributed by atoms with Gasteiger partial charge in [-0.25, -0.2) is 9.78 Å². The molecule has 31 heavy (non-hydrogen) atoms. The summed E-state index contributed by atoms with van der Waals surface area (Å²) in [6.45, 7) is 2.81. The molecule has 0 radical (unpaired) electrons. The van der Waals surface area contributed by atoms with Gasteiger partial charge >= 0.3 is 11.9 Å². The Morgan fingerprint density at radius 2 is 1.71 bits per heavy atom. The number of carbonyl (C=O) groups is 5. The Labute approximate surface area is 178 Å². The summed E-state index contributed by atoms with van der Waals surface area (Å²) in [7, 11) is 0. The molecule has 172 valence electrons. The fourth-order valence-corrected chi connectivity index (χ4v) is 2.66. The molecule has 0 aliphatic carbocycles. The van der Waals surface area contributed by atoms with Crippen LogP contribution in [0.5, 0.6) is 0 Å². The number of aliphatic carboxylic acids is 2. The maximum absolute atomic E-state index is 12.8. The van der Waals surface area contributed by atoms with Crippen molar-refractivity contribution in [3.8, 4) is 0 Å². The second-order valence-electron chi connectivity index (χ2n) is 7.17. The molecule has 0 fully saturated rings. The first-order valence-electron chi connectivity index (χ1n) is 9.57. The third kappa shape index (κ3) is 8.82. The topological polar surface area (TPSA) is 217 Å². The Balaban J connectivity index is 3.00. The van der Waals surface area contributed by atoms with Gasteiger partial charge in [0.1, 0.15) is 18.1 Å². The van der Waals surface area contributed by atoms with E-state index in [4.69, 9.17) is 10.8 Å². The number of carboxylic acids is 2. The summed E-state index contributed by atoms with van der Waals surface area (Å²) >= 11 is 0. The molecule has 3 atom stereocenters. The van der Waals surface area contributed by atoms with E-state index in [1.807, 2.05) is 0 Å². The number of imidazole rings is 1. The molecule has 1 rings (SSSR count). The van der Waals surface area contributed by atoms with Gasteiger partial charge in [-0.3, -0.25) is 19.2 Å². The molecule has 1 aromatic heterocycles.